The topological polar surface area (TPSA) is 67.0 Å². The monoisotopic (exact) mass is 263 g/mol. The summed E-state index contributed by atoms with van der Waals surface area (Å²) in [6.45, 7) is 2.01. The first-order valence-electron chi connectivity index (χ1n) is 5.83. The van der Waals surface area contributed by atoms with Crippen LogP contribution in [0.15, 0.2) is 36.7 Å². The van der Waals surface area contributed by atoms with E-state index in [9.17, 15) is 9.18 Å². The van der Waals surface area contributed by atoms with Crippen LogP contribution in [0.2, 0.25) is 0 Å². The van der Waals surface area contributed by atoms with E-state index in [1.54, 1.807) is 19.3 Å². The smallest absolute Gasteiger partial charge is 0.261 e. The number of aromatic nitrogens is 2. The highest BCUT2D eigenvalue weighted by molar-refractivity contribution is 5.80. The van der Waals surface area contributed by atoms with Gasteiger partial charge in [0.15, 0.2) is 6.10 Å². The molecule has 1 unspecified atom stereocenters. The molecule has 1 heterocycles. The van der Waals surface area contributed by atoms with Crippen molar-refractivity contribution in [2.24, 2.45) is 0 Å². The number of hydrogen-bond acceptors (Lipinski definition) is 3. The van der Waals surface area contributed by atoms with E-state index in [0.717, 1.165) is 5.56 Å². The summed E-state index contributed by atoms with van der Waals surface area (Å²) in [6, 6.07) is 5.53. The summed E-state index contributed by atoms with van der Waals surface area (Å²) in [7, 11) is 0. The first kappa shape index (κ1) is 13.1. The fraction of sp³-hybridized carbons (Fsp3) is 0.231. The van der Waals surface area contributed by atoms with Gasteiger partial charge in [-0.25, -0.2) is 4.39 Å². The quantitative estimate of drug-likeness (QED) is 0.861. The van der Waals surface area contributed by atoms with Crippen LogP contribution in [0.25, 0.3) is 0 Å². The van der Waals surface area contributed by atoms with E-state index in [1.165, 1.54) is 24.3 Å². The van der Waals surface area contributed by atoms with Crippen LogP contribution in [0, 0.1) is 5.82 Å². The summed E-state index contributed by atoms with van der Waals surface area (Å²) in [5.74, 6) is -0.137. The van der Waals surface area contributed by atoms with Gasteiger partial charge in [-0.15, -0.1) is 0 Å². The summed E-state index contributed by atoms with van der Waals surface area (Å²) in [5, 5.41) is 9.16. The second-order valence-electron chi connectivity index (χ2n) is 4.04. The van der Waals surface area contributed by atoms with Crippen LogP contribution in [-0.2, 0) is 11.3 Å². The van der Waals surface area contributed by atoms with Crippen molar-refractivity contribution in [1.29, 1.82) is 0 Å². The van der Waals surface area contributed by atoms with Gasteiger partial charge >= 0.3 is 0 Å². The van der Waals surface area contributed by atoms with Gasteiger partial charge in [-0.1, -0.05) is 0 Å². The summed E-state index contributed by atoms with van der Waals surface area (Å²) >= 11 is 0. The zero-order valence-corrected chi connectivity index (χ0v) is 10.4. The first-order chi connectivity index (χ1) is 9.15. The van der Waals surface area contributed by atoms with Crippen molar-refractivity contribution in [3.05, 3.63) is 48.0 Å². The lowest BCUT2D eigenvalue weighted by molar-refractivity contribution is -0.127. The number of rotatable bonds is 5. The van der Waals surface area contributed by atoms with Gasteiger partial charge in [0.2, 0.25) is 0 Å². The van der Waals surface area contributed by atoms with Gasteiger partial charge in [-0.2, -0.15) is 5.10 Å². The molecular formula is C13H14FN3O2. The van der Waals surface area contributed by atoms with Crippen LogP contribution in [0.4, 0.5) is 4.39 Å². The number of nitrogens with one attached hydrogen (secondary N) is 2. The van der Waals surface area contributed by atoms with Crippen molar-refractivity contribution in [3.63, 3.8) is 0 Å². The van der Waals surface area contributed by atoms with Crippen LogP contribution < -0.4 is 10.1 Å². The number of H-pyrrole nitrogens is 1. The van der Waals surface area contributed by atoms with Gasteiger partial charge in [0.25, 0.3) is 5.91 Å². The van der Waals surface area contributed by atoms with Gasteiger partial charge in [0, 0.05) is 18.3 Å². The number of nitrogens with zero attached hydrogens (tertiary/aromatic N) is 1. The maximum absolute atomic E-state index is 12.7. The maximum atomic E-state index is 12.7. The number of carbonyl (C=O) groups is 1. The Balaban J connectivity index is 1.83. The van der Waals surface area contributed by atoms with Crippen molar-refractivity contribution >= 4 is 5.91 Å². The van der Waals surface area contributed by atoms with Gasteiger partial charge in [0.1, 0.15) is 11.6 Å². The number of aromatic amines is 1. The van der Waals surface area contributed by atoms with E-state index in [-0.39, 0.29) is 11.7 Å². The predicted molar refractivity (Wildman–Crippen MR) is 66.9 cm³/mol. The van der Waals surface area contributed by atoms with Crippen molar-refractivity contribution < 1.29 is 13.9 Å². The molecule has 1 amide bonds. The Kier molecular flexibility index (Phi) is 4.12. The molecule has 5 nitrogen and oxygen atoms in total. The SMILES string of the molecule is CC(Oc1ccc(F)cc1)C(=O)NCc1cn[nH]c1. The second kappa shape index (κ2) is 5.99. The number of ether oxygens (including phenoxy) is 1. The highest BCUT2D eigenvalue weighted by atomic mass is 19.1. The lowest BCUT2D eigenvalue weighted by Gasteiger charge is -2.14. The minimum absolute atomic E-state index is 0.245. The number of carbonyl (C=O) groups excluding carboxylic acids is 1. The standard InChI is InChI=1S/C13H14FN3O2/c1-9(19-12-4-2-11(14)3-5-12)13(18)15-6-10-7-16-17-8-10/h2-5,7-9H,6H2,1H3,(H,15,18)(H,16,17). The van der Waals surface area contributed by atoms with E-state index in [0.29, 0.717) is 12.3 Å². The number of amides is 1. The molecule has 1 aromatic heterocycles. The molecule has 1 aromatic carbocycles. The molecule has 1 atom stereocenters. The number of halogens is 1. The minimum atomic E-state index is -0.655. The molecular weight excluding hydrogens is 249 g/mol. The minimum Gasteiger partial charge on any atom is -0.481 e. The van der Waals surface area contributed by atoms with Crippen LogP contribution in [0.3, 0.4) is 0 Å². The van der Waals surface area contributed by atoms with Gasteiger partial charge in [0.05, 0.1) is 6.20 Å². The molecule has 19 heavy (non-hydrogen) atoms. The Hall–Kier alpha value is -2.37. The van der Waals surface area contributed by atoms with Crippen molar-refractivity contribution in [2.75, 3.05) is 0 Å². The molecule has 2 aromatic rings. The summed E-state index contributed by atoms with van der Waals surface area (Å²) in [6.07, 6.45) is 2.68. The Morgan fingerprint density at radius 3 is 2.84 bits per heavy atom. The third-order valence-corrected chi connectivity index (χ3v) is 2.52. The molecule has 0 saturated heterocycles. The molecule has 2 rings (SSSR count). The number of hydrogen-bond donors (Lipinski definition) is 2. The largest absolute Gasteiger partial charge is 0.481 e. The summed E-state index contributed by atoms with van der Waals surface area (Å²) in [5.41, 5.74) is 0.877. The van der Waals surface area contributed by atoms with Crippen LogP contribution in [0.5, 0.6) is 5.75 Å². The molecule has 0 aliphatic carbocycles. The molecule has 0 aliphatic heterocycles. The van der Waals surface area contributed by atoms with E-state index < -0.39 is 6.10 Å². The molecule has 0 fully saturated rings. The van der Waals surface area contributed by atoms with Crippen molar-refractivity contribution in [1.82, 2.24) is 15.5 Å². The molecule has 6 heteroatoms. The van der Waals surface area contributed by atoms with E-state index in [2.05, 4.69) is 15.5 Å². The predicted octanol–water partition coefficient (Wildman–Crippen LogP) is 1.63. The maximum Gasteiger partial charge on any atom is 0.261 e. The van der Waals surface area contributed by atoms with Crippen LogP contribution in [0.1, 0.15) is 12.5 Å². The van der Waals surface area contributed by atoms with Gasteiger partial charge in [-0.05, 0) is 31.2 Å². The van der Waals surface area contributed by atoms with Gasteiger partial charge in [-0.3, -0.25) is 9.89 Å². The Morgan fingerprint density at radius 1 is 1.47 bits per heavy atom. The molecule has 0 saturated carbocycles. The van der Waals surface area contributed by atoms with Crippen molar-refractivity contribution in [3.8, 4) is 5.75 Å². The lowest BCUT2D eigenvalue weighted by Crippen LogP contribution is -2.35. The van der Waals surface area contributed by atoms with Crippen LogP contribution in [-0.4, -0.2) is 22.2 Å². The third-order valence-electron chi connectivity index (χ3n) is 2.52. The molecule has 100 valence electrons. The Bertz CT molecular complexity index is 525. The average molecular weight is 263 g/mol. The molecule has 0 radical (unpaired) electrons. The third kappa shape index (κ3) is 3.80. The Morgan fingerprint density at radius 2 is 2.21 bits per heavy atom. The molecule has 0 spiro atoms. The zero-order valence-electron chi connectivity index (χ0n) is 10.4. The zero-order chi connectivity index (χ0) is 13.7. The van der Waals surface area contributed by atoms with Crippen molar-refractivity contribution in [2.45, 2.75) is 19.6 Å². The summed E-state index contributed by atoms with van der Waals surface area (Å²) < 4.78 is 18.1. The van der Waals surface area contributed by atoms with E-state index >= 15 is 0 Å². The van der Waals surface area contributed by atoms with E-state index in [1.807, 2.05) is 0 Å². The molecule has 2 N–H and O–H groups in total. The lowest BCUT2D eigenvalue weighted by atomic mass is 10.3. The highest BCUT2D eigenvalue weighted by Gasteiger charge is 2.14. The Labute approximate surface area is 109 Å². The second-order valence-corrected chi connectivity index (χ2v) is 4.04. The fourth-order valence-corrected chi connectivity index (χ4v) is 1.48. The number of benzene rings is 1. The average Bonchev–Trinajstić information content (AvgIpc) is 2.91. The summed E-state index contributed by atoms with van der Waals surface area (Å²) in [4.78, 5) is 11.8. The highest BCUT2D eigenvalue weighted by Crippen LogP contribution is 2.13. The molecule has 0 aliphatic rings. The van der Waals surface area contributed by atoms with E-state index in [4.69, 9.17) is 4.74 Å². The normalized spacial score (nSPS) is 11.9. The fourth-order valence-electron chi connectivity index (χ4n) is 1.48. The first-order valence-corrected chi connectivity index (χ1v) is 5.83. The van der Waals surface area contributed by atoms with Crippen LogP contribution >= 0.6 is 0 Å². The van der Waals surface area contributed by atoms with Gasteiger partial charge < -0.3 is 10.1 Å². The molecule has 0 bridgehead atoms.